The first-order valence-corrected chi connectivity index (χ1v) is 18.8. The summed E-state index contributed by atoms with van der Waals surface area (Å²) in [5.74, 6) is 3.22. The molecule has 0 aromatic carbocycles. The summed E-state index contributed by atoms with van der Waals surface area (Å²) in [6.07, 6.45) is 1.34. The van der Waals surface area contributed by atoms with E-state index in [0.29, 0.717) is 3.12 Å². The van der Waals surface area contributed by atoms with Gasteiger partial charge in [0.05, 0.1) is 0 Å². The van der Waals surface area contributed by atoms with Gasteiger partial charge in [0.2, 0.25) is 0 Å². The van der Waals surface area contributed by atoms with E-state index in [1.165, 1.54) is 6.42 Å². The molecular weight excluding hydrogens is 409 g/mol. The van der Waals surface area contributed by atoms with E-state index >= 15 is 0 Å². The Morgan fingerprint density at radius 1 is 1.09 bits per heavy atom. The number of fused-ring (bicyclic) bond motifs is 1. The summed E-state index contributed by atoms with van der Waals surface area (Å²) in [6, 6.07) is 4.77. The van der Waals surface area contributed by atoms with Crippen LogP contribution in [-0.4, -0.2) is 0 Å². The Kier molecular flexibility index (Phi) is 5.58. The molecule has 1 saturated carbocycles. The van der Waals surface area contributed by atoms with Crippen LogP contribution in [0.3, 0.4) is 0 Å². The summed E-state index contributed by atoms with van der Waals surface area (Å²) in [7, 11) is 0.945. The molecule has 0 N–H and O–H groups in total. The van der Waals surface area contributed by atoms with E-state index in [0.717, 1.165) is 14.1 Å². The van der Waals surface area contributed by atoms with Gasteiger partial charge in [-0.25, -0.2) is 0 Å². The Hall–Kier alpha value is 0.723. The van der Waals surface area contributed by atoms with E-state index in [-0.39, 0.29) is 24.8 Å². The van der Waals surface area contributed by atoms with Crippen LogP contribution in [0.25, 0.3) is 0 Å². The van der Waals surface area contributed by atoms with Crippen molar-refractivity contribution in [3.63, 3.8) is 0 Å². The van der Waals surface area contributed by atoms with Crippen LogP contribution in [0.2, 0.25) is 17.0 Å². The van der Waals surface area contributed by atoms with Gasteiger partial charge in [0.15, 0.2) is 0 Å². The van der Waals surface area contributed by atoms with Gasteiger partial charge in [-0.2, -0.15) is 0 Å². The molecule has 0 saturated heterocycles. The standard InChI is InChI=1S/C11H15.C4H4P.3CH3.2ClH.Zr/c1-6-5-10-8(3)7(2)9(4)11(6)10;1-2-4-5-3-1;;;;;;/h6H,5H2,1-4H3;1-3,5H;3*1H3;2*1H;/q;;;;;;;+2/p-2. The first-order chi connectivity index (χ1) is 9.13. The third-order valence-electron chi connectivity index (χ3n) is 6.82. The van der Waals surface area contributed by atoms with Gasteiger partial charge in [0, 0.05) is 0 Å². The molecule has 1 aromatic heterocycles. The molecule has 0 radical (unpaired) electrons. The SMILES string of the molecule is CC1=C(C)[C]2([Zr+2]([CH3])([CH3])([CH3])[c]3ccc[pH]3)C(=C1C)CC2C.[Cl-].[Cl-]. The molecule has 2 aliphatic carbocycles. The van der Waals surface area contributed by atoms with Crippen LogP contribution >= 0.6 is 8.19 Å². The van der Waals surface area contributed by atoms with Crippen LogP contribution in [0.4, 0.5) is 0 Å². The molecule has 123 valence electrons. The first-order valence-electron chi connectivity index (χ1n) is 7.87. The summed E-state index contributed by atoms with van der Waals surface area (Å²) < 4.78 is 10.4. The second-order valence-electron chi connectivity index (χ2n) is 8.48. The number of halogens is 2. The Morgan fingerprint density at radius 2 is 1.68 bits per heavy atom. The van der Waals surface area contributed by atoms with Gasteiger partial charge in [0.1, 0.15) is 0 Å². The molecule has 0 nitrogen and oxygen atoms in total. The molecule has 0 spiro atoms. The van der Waals surface area contributed by atoms with E-state index < -0.39 is 18.8 Å². The third kappa shape index (κ3) is 2.12. The molecule has 1 fully saturated rings. The van der Waals surface area contributed by atoms with E-state index in [1.54, 1.807) is 16.7 Å². The summed E-state index contributed by atoms with van der Waals surface area (Å²) in [4.78, 5) is 0. The fraction of sp³-hybridized carbons (Fsp3) is 0.556. The van der Waals surface area contributed by atoms with Crippen LogP contribution in [0.5, 0.6) is 0 Å². The predicted octanol–water partition coefficient (Wildman–Crippen LogP) is 0.0501. The zero-order valence-electron chi connectivity index (χ0n) is 14.8. The summed E-state index contributed by atoms with van der Waals surface area (Å²) in [5, 5.41) is 0. The maximum atomic E-state index is 2.71. The van der Waals surface area contributed by atoms with Gasteiger partial charge in [-0.1, -0.05) is 0 Å². The number of rotatable bonds is 2. The van der Waals surface area contributed by atoms with Crippen molar-refractivity contribution in [3.05, 3.63) is 40.2 Å². The molecule has 0 aliphatic heterocycles. The number of hydrogen-bond acceptors (Lipinski definition) is 0. The van der Waals surface area contributed by atoms with Crippen LogP contribution in [0.1, 0.15) is 34.1 Å². The smallest absolute Gasteiger partial charge is 1.00 e. The second-order valence-corrected chi connectivity index (χ2v) is 29.5. The van der Waals surface area contributed by atoms with Crippen molar-refractivity contribution < 1.29 is 43.6 Å². The van der Waals surface area contributed by atoms with Gasteiger partial charge >= 0.3 is 127 Å². The first kappa shape index (κ1) is 20.8. The Bertz CT molecular complexity index is 626. The summed E-state index contributed by atoms with van der Waals surface area (Å²) in [5.41, 5.74) is 6.77. The van der Waals surface area contributed by atoms with Crippen molar-refractivity contribution in [1.29, 1.82) is 0 Å². The molecule has 22 heavy (non-hydrogen) atoms. The average molecular weight is 438 g/mol. The van der Waals surface area contributed by atoms with Gasteiger partial charge in [0.25, 0.3) is 0 Å². The molecule has 2 aliphatic rings. The minimum atomic E-state index is -3.00. The maximum absolute atomic E-state index is 3.00. The predicted molar refractivity (Wildman–Crippen MR) is 90.7 cm³/mol. The van der Waals surface area contributed by atoms with Crippen LogP contribution in [0, 0.1) is 5.92 Å². The minimum absolute atomic E-state index is 0. The second kappa shape index (κ2) is 5.91. The molecule has 1 heterocycles. The van der Waals surface area contributed by atoms with Crippen LogP contribution in [0.15, 0.2) is 40.2 Å². The summed E-state index contributed by atoms with van der Waals surface area (Å²) in [6.45, 7) is 9.68. The van der Waals surface area contributed by atoms with Crippen molar-refractivity contribution in [1.82, 2.24) is 0 Å². The molecule has 3 atom stereocenters. The van der Waals surface area contributed by atoms with Crippen LogP contribution < -0.4 is 27.8 Å². The van der Waals surface area contributed by atoms with E-state index in [9.17, 15) is 0 Å². The van der Waals surface area contributed by atoms with Crippen molar-refractivity contribution in [3.8, 4) is 0 Å². The molecule has 3 unspecified atom stereocenters. The quantitative estimate of drug-likeness (QED) is 0.614. The Labute approximate surface area is 151 Å². The Morgan fingerprint density at radius 3 is 2.09 bits per heavy atom. The molecule has 1 aromatic rings. The molecule has 4 heteroatoms. The van der Waals surface area contributed by atoms with Gasteiger partial charge < -0.3 is 24.8 Å². The number of hydrogen-bond donors (Lipinski definition) is 0. The van der Waals surface area contributed by atoms with E-state index in [2.05, 4.69) is 59.5 Å². The van der Waals surface area contributed by atoms with Gasteiger partial charge in [-0.05, 0) is 0 Å². The normalized spacial score (nSPS) is 28.3. The molecular formula is C18H28Cl2PZr. The largest absolute Gasteiger partial charge is 1.00 e. The molecule has 3 rings (SSSR count). The minimum Gasteiger partial charge on any atom is -1.00 e. The monoisotopic (exact) mass is 435 g/mol. The topological polar surface area (TPSA) is 0 Å². The maximum Gasteiger partial charge on any atom is -1.00 e. The van der Waals surface area contributed by atoms with Crippen molar-refractivity contribution in [2.75, 3.05) is 0 Å². The van der Waals surface area contributed by atoms with Gasteiger partial charge in [-0.3, -0.25) is 0 Å². The van der Waals surface area contributed by atoms with Crippen molar-refractivity contribution in [2.45, 2.75) is 51.1 Å². The average Bonchev–Trinajstić information content (AvgIpc) is 2.91. The summed E-state index contributed by atoms with van der Waals surface area (Å²) >= 11 is -3.00. The van der Waals surface area contributed by atoms with E-state index in [4.69, 9.17) is 0 Å². The van der Waals surface area contributed by atoms with Crippen molar-refractivity contribution in [2.24, 2.45) is 5.92 Å². The fourth-order valence-electron chi connectivity index (χ4n) is 5.77. The molecule has 0 amide bonds. The van der Waals surface area contributed by atoms with Crippen LogP contribution in [-0.2, 0) is 18.8 Å². The third-order valence-corrected chi connectivity index (χ3v) is 28.6. The molecule has 0 bridgehead atoms. The fourth-order valence-corrected chi connectivity index (χ4v) is 26.5. The van der Waals surface area contributed by atoms with Gasteiger partial charge in [-0.15, -0.1) is 0 Å². The zero-order valence-corrected chi connectivity index (χ0v) is 19.7. The van der Waals surface area contributed by atoms with Crippen molar-refractivity contribution >= 4 is 11.2 Å². The number of allylic oxidation sites excluding steroid dienone is 4. The Balaban J connectivity index is 0.00000121. The zero-order chi connectivity index (χ0) is 14.9. The van der Waals surface area contributed by atoms with E-state index in [1.807, 2.05) is 8.58 Å².